The topological polar surface area (TPSA) is 41.3 Å². The third-order valence-corrected chi connectivity index (χ3v) is 3.95. The van der Waals surface area contributed by atoms with Crippen LogP contribution in [0.3, 0.4) is 0 Å². The van der Waals surface area contributed by atoms with Gasteiger partial charge in [-0.3, -0.25) is 4.90 Å². The lowest BCUT2D eigenvalue weighted by atomic mass is 9.92. The number of aliphatic hydroxyl groups is 1. The second kappa shape index (κ2) is 6.34. The summed E-state index contributed by atoms with van der Waals surface area (Å²) in [6.45, 7) is 8.36. The molecule has 1 saturated heterocycles. The van der Waals surface area contributed by atoms with Crippen molar-refractivity contribution >= 4 is 0 Å². The van der Waals surface area contributed by atoms with Crippen molar-refractivity contribution in [1.29, 1.82) is 0 Å². The largest absolute Gasteiger partial charge is 0.393 e. The molecule has 0 amide bonds. The first-order valence-electron chi connectivity index (χ1n) is 7.14. The minimum atomic E-state index is -0.105. The third-order valence-electron chi connectivity index (χ3n) is 3.95. The summed E-state index contributed by atoms with van der Waals surface area (Å²) in [6, 6.07) is 0. The van der Waals surface area contributed by atoms with Crippen molar-refractivity contribution < 1.29 is 5.11 Å². The Balaban J connectivity index is 1.94. The van der Waals surface area contributed by atoms with E-state index in [2.05, 4.69) is 28.3 Å². The van der Waals surface area contributed by atoms with E-state index in [4.69, 9.17) is 0 Å². The highest BCUT2D eigenvalue weighted by Gasteiger charge is 2.26. The highest BCUT2D eigenvalue weighted by Crippen LogP contribution is 2.21. The number of hydrogen-bond donors (Lipinski definition) is 1. The van der Waals surface area contributed by atoms with Crippen molar-refractivity contribution in [2.45, 2.75) is 52.3 Å². The Morgan fingerprint density at radius 2 is 2.28 bits per heavy atom. The molecule has 0 aliphatic carbocycles. The summed E-state index contributed by atoms with van der Waals surface area (Å²) in [5.41, 5.74) is 1.29. The number of nitrogens with zero attached hydrogens (tertiary/aromatic N) is 3. The summed E-state index contributed by atoms with van der Waals surface area (Å²) in [6.07, 6.45) is 6.90. The van der Waals surface area contributed by atoms with Crippen LogP contribution in [0.25, 0.3) is 0 Å². The molecule has 1 aromatic heterocycles. The third kappa shape index (κ3) is 3.12. The van der Waals surface area contributed by atoms with Gasteiger partial charge in [0.05, 0.1) is 18.1 Å². The normalized spacial score (nSPS) is 25.5. The van der Waals surface area contributed by atoms with E-state index in [9.17, 15) is 5.11 Å². The molecule has 1 aromatic rings. The molecule has 0 radical (unpaired) electrons. The highest BCUT2D eigenvalue weighted by atomic mass is 16.3. The molecular weight excluding hydrogens is 226 g/mol. The minimum Gasteiger partial charge on any atom is -0.393 e. The molecule has 0 saturated carbocycles. The quantitative estimate of drug-likeness (QED) is 0.869. The number of aliphatic hydroxyl groups excluding tert-OH is 1. The first-order chi connectivity index (χ1) is 8.74. The van der Waals surface area contributed by atoms with E-state index in [-0.39, 0.29) is 6.10 Å². The summed E-state index contributed by atoms with van der Waals surface area (Å²) in [5, 5.41) is 9.91. The van der Waals surface area contributed by atoms with Gasteiger partial charge in [-0.05, 0) is 25.2 Å². The molecule has 1 aliphatic rings. The fourth-order valence-electron chi connectivity index (χ4n) is 2.79. The highest BCUT2D eigenvalue weighted by molar-refractivity contribution is 4.99. The Bertz CT molecular complexity index is 364. The van der Waals surface area contributed by atoms with Gasteiger partial charge in [-0.15, -0.1) is 0 Å². The molecule has 1 N–H and O–H groups in total. The average molecular weight is 251 g/mol. The molecule has 1 aliphatic heterocycles. The van der Waals surface area contributed by atoms with Gasteiger partial charge in [0.1, 0.15) is 0 Å². The van der Waals surface area contributed by atoms with Crippen molar-refractivity contribution in [2.24, 2.45) is 5.92 Å². The van der Waals surface area contributed by atoms with Gasteiger partial charge >= 0.3 is 0 Å². The van der Waals surface area contributed by atoms with Crippen LogP contribution in [0.5, 0.6) is 0 Å². The lowest BCUT2D eigenvalue weighted by molar-refractivity contribution is 0.0214. The van der Waals surface area contributed by atoms with E-state index in [1.807, 2.05) is 12.5 Å². The number of piperidine rings is 1. The summed E-state index contributed by atoms with van der Waals surface area (Å²) >= 11 is 0. The predicted octanol–water partition coefficient (Wildman–Crippen LogP) is 1.89. The maximum atomic E-state index is 9.91. The molecule has 2 atom stereocenters. The molecule has 2 heterocycles. The summed E-state index contributed by atoms with van der Waals surface area (Å²) in [7, 11) is 0. The lowest BCUT2D eigenvalue weighted by Crippen LogP contribution is -2.42. The van der Waals surface area contributed by atoms with Crippen molar-refractivity contribution in [2.75, 3.05) is 13.1 Å². The van der Waals surface area contributed by atoms with Crippen LogP contribution in [0.15, 0.2) is 12.5 Å². The first-order valence-corrected chi connectivity index (χ1v) is 7.14. The van der Waals surface area contributed by atoms with Gasteiger partial charge in [-0.1, -0.05) is 13.8 Å². The molecule has 102 valence electrons. The van der Waals surface area contributed by atoms with Crippen LogP contribution in [-0.4, -0.2) is 38.8 Å². The average Bonchev–Trinajstić information content (AvgIpc) is 2.80. The van der Waals surface area contributed by atoms with Gasteiger partial charge in [-0.2, -0.15) is 0 Å². The number of aryl methyl sites for hydroxylation is 1. The Hall–Kier alpha value is -0.870. The molecule has 2 unspecified atom stereocenters. The Morgan fingerprint density at radius 3 is 3.00 bits per heavy atom. The van der Waals surface area contributed by atoms with Crippen LogP contribution < -0.4 is 0 Å². The molecule has 4 heteroatoms. The smallest absolute Gasteiger partial charge is 0.0948 e. The van der Waals surface area contributed by atoms with Gasteiger partial charge in [0.25, 0.3) is 0 Å². The Morgan fingerprint density at radius 1 is 1.44 bits per heavy atom. The second-order valence-corrected chi connectivity index (χ2v) is 5.34. The molecule has 0 bridgehead atoms. The molecule has 0 aromatic carbocycles. The van der Waals surface area contributed by atoms with Crippen LogP contribution in [0.4, 0.5) is 0 Å². The fourth-order valence-corrected chi connectivity index (χ4v) is 2.79. The zero-order valence-electron chi connectivity index (χ0n) is 11.5. The molecule has 4 nitrogen and oxygen atoms in total. The van der Waals surface area contributed by atoms with E-state index in [1.54, 1.807) is 0 Å². The number of hydrogen-bond acceptors (Lipinski definition) is 3. The first kappa shape index (κ1) is 13.6. The summed E-state index contributed by atoms with van der Waals surface area (Å²) in [5.74, 6) is 0.432. The monoisotopic (exact) mass is 251 g/mol. The molecule has 2 rings (SSSR count). The van der Waals surface area contributed by atoms with E-state index in [1.165, 1.54) is 5.69 Å². The van der Waals surface area contributed by atoms with Crippen molar-refractivity contribution in [3.63, 3.8) is 0 Å². The molecule has 0 spiro atoms. The lowest BCUT2D eigenvalue weighted by Gasteiger charge is -2.35. The van der Waals surface area contributed by atoms with Crippen LogP contribution in [0, 0.1) is 5.92 Å². The van der Waals surface area contributed by atoms with Crippen molar-refractivity contribution in [1.82, 2.24) is 14.5 Å². The summed E-state index contributed by atoms with van der Waals surface area (Å²) in [4.78, 5) is 6.70. The zero-order valence-corrected chi connectivity index (χ0v) is 11.5. The van der Waals surface area contributed by atoms with Gasteiger partial charge < -0.3 is 9.67 Å². The van der Waals surface area contributed by atoms with Gasteiger partial charge in [0, 0.05) is 32.4 Å². The SMILES string of the molecule is CCCn1cncc1CN1CCC(O)C(CC)C1. The Labute approximate surface area is 110 Å². The second-order valence-electron chi connectivity index (χ2n) is 5.34. The van der Waals surface area contributed by atoms with Crippen molar-refractivity contribution in [3.8, 4) is 0 Å². The van der Waals surface area contributed by atoms with Crippen LogP contribution in [0.2, 0.25) is 0 Å². The zero-order chi connectivity index (χ0) is 13.0. The van der Waals surface area contributed by atoms with E-state index >= 15 is 0 Å². The standard InChI is InChI=1S/C14H25N3O/c1-3-6-17-11-15-8-13(17)10-16-7-5-14(18)12(4-2)9-16/h8,11-12,14,18H,3-7,9-10H2,1-2H3. The predicted molar refractivity (Wildman–Crippen MR) is 72.2 cm³/mol. The fraction of sp³-hybridized carbons (Fsp3) is 0.786. The van der Waals surface area contributed by atoms with Gasteiger partial charge in [0.15, 0.2) is 0 Å². The van der Waals surface area contributed by atoms with E-state index in [0.29, 0.717) is 5.92 Å². The van der Waals surface area contributed by atoms with Crippen LogP contribution in [0.1, 0.15) is 38.8 Å². The maximum absolute atomic E-state index is 9.91. The number of rotatable bonds is 5. The number of likely N-dealkylation sites (tertiary alicyclic amines) is 1. The molecule has 18 heavy (non-hydrogen) atoms. The van der Waals surface area contributed by atoms with Gasteiger partial charge in [-0.25, -0.2) is 4.98 Å². The molecular formula is C14H25N3O. The van der Waals surface area contributed by atoms with E-state index in [0.717, 1.165) is 45.4 Å². The van der Waals surface area contributed by atoms with Crippen LogP contribution >= 0.6 is 0 Å². The Kier molecular flexibility index (Phi) is 4.78. The van der Waals surface area contributed by atoms with Gasteiger partial charge in [0.2, 0.25) is 0 Å². The number of imidazole rings is 1. The summed E-state index contributed by atoms with van der Waals surface area (Å²) < 4.78 is 2.24. The number of aromatic nitrogens is 2. The maximum Gasteiger partial charge on any atom is 0.0948 e. The van der Waals surface area contributed by atoms with Crippen molar-refractivity contribution in [3.05, 3.63) is 18.2 Å². The van der Waals surface area contributed by atoms with E-state index < -0.39 is 0 Å². The molecule has 1 fully saturated rings. The minimum absolute atomic E-state index is 0.105. The van der Waals surface area contributed by atoms with Crippen LogP contribution in [-0.2, 0) is 13.1 Å².